The van der Waals surface area contributed by atoms with Crippen LogP contribution in [0.2, 0.25) is 0 Å². The standard InChI is InChI=1S/C22H28N2O2.ClH/c1-16(24(2)22(25)15-23-14-17-8-9-17)18-10-12-19(13-11-18)20-6-4-5-7-21(20)26-3;/h4-7,10-13,16-17,23H,8-9,14-15H2,1-3H3;1H. The number of nitrogens with zero attached hydrogens (tertiary/aromatic N) is 1. The average molecular weight is 389 g/mol. The van der Waals surface area contributed by atoms with Gasteiger partial charge in [-0.3, -0.25) is 4.79 Å². The van der Waals surface area contributed by atoms with Gasteiger partial charge in [0.2, 0.25) is 5.91 Å². The molecule has 0 saturated heterocycles. The number of amides is 1. The number of rotatable bonds is 8. The number of carbonyl (C=O) groups is 1. The highest BCUT2D eigenvalue weighted by Gasteiger charge is 2.22. The Morgan fingerprint density at radius 1 is 1.19 bits per heavy atom. The van der Waals surface area contributed by atoms with Gasteiger partial charge in [-0.2, -0.15) is 0 Å². The van der Waals surface area contributed by atoms with Gasteiger partial charge >= 0.3 is 0 Å². The van der Waals surface area contributed by atoms with Gasteiger partial charge in [-0.15, -0.1) is 12.4 Å². The first kappa shape index (κ1) is 21.3. The molecule has 2 aromatic rings. The minimum absolute atomic E-state index is 0. The Morgan fingerprint density at radius 3 is 2.48 bits per heavy atom. The van der Waals surface area contributed by atoms with Crippen molar-refractivity contribution in [3.05, 3.63) is 54.1 Å². The smallest absolute Gasteiger partial charge is 0.236 e. The van der Waals surface area contributed by atoms with Crippen molar-refractivity contribution in [2.45, 2.75) is 25.8 Å². The molecule has 1 saturated carbocycles. The van der Waals surface area contributed by atoms with Crippen LogP contribution in [0.3, 0.4) is 0 Å². The second-order valence-corrected chi connectivity index (χ2v) is 7.08. The molecule has 1 aliphatic carbocycles. The van der Waals surface area contributed by atoms with E-state index in [0.717, 1.165) is 34.9 Å². The summed E-state index contributed by atoms with van der Waals surface area (Å²) in [5.41, 5.74) is 3.31. The number of hydrogen-bond donors (Lipinski definition) is 1. The molecule has 1 aliphatic rings. The van der Waals surface area contributed by atoms with Gasteiger partial charge in [-0.25, -0.2) is 0 Å². The van der Waals surface area contributed by atoms with Crippen LogP contribution in [0.5, 0.6) is 5.75 Å². The summed E-state index contributed by atoms with van der Waals surface area (Å²) in [6.45, 7) is 3.44. The topological polar surface area (TPSA) is 41.6 Å². The van der Waals surface area contributed by atoms with Crippen molar-refractivity contribution in [3.63, 3.8) is 0 Å². The van der Waals surface area contributed by atoms with E-state index in [2.05, 4.69) is 42.6 Å². The molecule has 0 heterocycles. The zero-order chi connectivity index (χ0) is 18.5. The number of para-hydroxylation sites is 1. The summed E-state index contributed by atoms with van der Waals surface area (Å²) in [4.78, 5) is 14.2. The molecule has 5 heteroatoms. The van der Waals surface area contributed by atoms with Crippen molar-refractivity contribution >= 4 is 18.3 Å². The molecule has 2 aromatic carbocycles. The third-order valence-electron chi connectivity index (χ3n) is 5.19. The zero-order valence-corrected chi connectivity index (χ0v) is 17.1. The molecule has 0 spiro atoms. The van der Waals surface area contributed by atoms with E-state index in [1.54, 1.807) is 7.11 Å². The lowest BCUT2D eigenvalue weighted by atomic mass is 10.00. The van der Waals surface area contributed by atoms with Gasteiger partial charge in [0.15, 0.2) is 0 Å². The van der Waals surface area contributed by atoms with Crippen molar-refractivity contribution in [1.82, 2.24) is 10.2 Å². The number of halogens is 1. The highest BCUT2D eigenvalue weighted by molar-refractivity contribution is 5.85. The Labute approximate surface area is 168 Å². The quantitative estimate of drug-likeness (QED) is 0.732. The highest BCUT2D eigenvalue weighted by atomic mass is 35.5. The molecule has 1 fully saturated rings. The van der Waals surface area contributed by atoms with Gasteiger partial charge in [0.1, 0.15) is 5.75 Å². The first-order valence-electron chi connectivity index (χ1n) is 9.30. The van der Waals surface area contributed by atoms with Gasteiger partial charge < -0.3 is 15.0 Å². The molecule has 1 unspecified atom stereocenters. The number of benzene rings is 2. The van der Waals surface area contributed by atoms with E-state index in [4.69, 9.17) is 4.74 Å². The minimum Gasteiger partial charge on any atom is -0.496 e. The van der Waals surface area contributed by atoms with Crippen LogP contribution in [-0.4, -0.2) is 38.1 Å². The van der Waals surface area contributed by atoms with Gasteiger partial charge in [-0.05, 0) is 49.4 Å². The maximum absolute atomic E-state index is 12.4. The number of ether oxygens (including phenoxy) is 1. The molecule has 0 radical (unpaired) electrons. The number of nitrogens with one attached hydrogen (secondary N) is 1. The maximum Gasteiger partial charge on any atom is 0.236 e. The molecule has 0 bridgehead atoms. The Balaban J connectivity index is 0.00000261. The van der Waals surface area contributed by atoms with Crippen LogP contribution in [0.15, 0.2) is 48.5 Å². The monoisotopic (exact) mass is 388 g/mol. The fourth-order valence-electron chi connectivity index (χ4n) is 3.09. The van der Waals surface area contributed by atoms with Crippen LogP contribution in [-0.2, 0) is 4.79 Å². The lowest BCUT2D eigenvalue weighted by Crippen LogP contribution is -2.37. The van der Waals surface area contributed by atoms with E-state index in [-0.39, 0.29) is 24.4 Å². The van der Waals surface area contributed by atoms with Gasteiger partial charge in [0, 0.05) is 12.6 Å². The van der Waals surface area contributed by atoms with E-state index in [1.807, 2.05) is 30.1 Å². The van der Waals surface area contributed by atoms with E-state index in [0.29, 0.717) is 6.54 Å². The SMILES string of the molecule is COc1ccccc1-c1ccc(C(C)N(C)C(=O)CNCC2CC2)cc1.Cl. The summed E-state index contributed by atoms with van der Waals surface area (Å²) >= 11 is 0. The Bertz CT molecular complexity index is 744. The first-order valence-corrected chi connectivity index (χ1v) is 9.30. The van der Waals surface area contributed by atoms with Crippen molar-refractivity contribution in [3.8, 4) is 16.9 Å². The molecule has 3 rings (SSSR count). The van der Waals surface area contributed by atoms with Crippen molar-refractivity contribution in [2.24, 2.45) is 5.92 Å². The van der Waals surface area contributed by atoms with Crippen LogP contribution in [0.1, 0.15) is 31.4 Å². The molecule has 27 heavy (non-hydrogen) atoms. The van der Waals surface area contributed by atoms with Gasteiger partial charge in [0.05, 0.1) is 19.7 Å². The summed E-state index contributed by atoms with van der Waals surface area (Å²) in [5, 5.41) is 3.27. The van der Waals surface area contributed by atoms with Gasteiger partial charge in [0.25, 0.3) is 0 Å². The predicted molar refractivity (Wildman–Crippen MR) is 112 cm³/mol. The Kier molecular flexibility index (Phi) is 7.69. The Morgan fingerprint density at radius 2 is 1.85 bits per heavy atom. The van der Waals surface area contributed by atoms with Crippen molar-refractivity contribution < 1.29 is 9.53 Å². The number of hydrogen-bond acceptors (Lipinski definition) is 3. The number of methoxy groups -OCH3 is 1. The predicted octanol–water partition coefficient (Wildman–Crippen LogP) is 4.30. The average Bonchev–Trinajstić information content (AvgIpc) is 3.51. The van der Waals surface area contributed by atoms with E-state index >= 15 is 0 Å². The fourth-order valence-corrected chi connectivity index (χ4v) is 3.09. The largest absolute Gasteiger partial charge is 0.496 e. The van der Waals surface area contributed by atoms with E-state index in [1.165, 1.54) is 12.8 Å². The van der Waals surface area contributed by atoms with Gasteiger partial charge in [-0.1, -0.05) is 42.5 Å². The van der Waals surface area contributed by atoms with Crippen LogP contribution in [0, 0.1) is 5.92 Å². The number of likely N-dealkylation sites (N-methyl/N-ethyl adjacent to an activating group) is 1. The summed E-state index contributed by atoms with van der Waals surface area (Å²) in [5.74, 6) is 1.78. The highest BCUT2D eigenvalue weighted by Crippen LogP contribution is 2.31. The third-order valence-corrected chi connectivity index (χ3v) is 5.19. The zero-order valence-electron chi connectivity index (χ0n) is 16.3. The van der Waals surface area contributed by atoms with Crippen molar-refractivity contribution in [1.29, 1.82) is 0 Å². The molecule has 146 valence electrons. The molecule has 0 aliphatic heterocycles. The molecule has 1 atom stereocenters. The van der Waals surface area contributed by atoms with Crippen LogP contribution >= 0.6 is 12.4 Å². The molecule has 1 amide bonds. The van der Waals surface area contributed by atoms with E-state index < -0.39 is 0 Å². The minimum atomic E-state index is 0. The molecule has 4 nitrogen and oxygen atoms in total. The molecule has 0 aromatic heterocycles. The fraction of sp³-hybridized carbons (Fsp3) is 0.409. The van der Waals surface area contributed by atoms with Crippen LogP contribution < -0.4 is 10.1 Å². The first-order chi connectivity index (χ1) is 12.6. The normalized spacial score (nSPS) is 14.2. The summed E-state index contributed by atoms with van der Waals surface area (Å²) in [6.07, 6.45) is 2.60. The molecular formula is C22H29ClN2O2. The maximum atomic E-state index is 12.4. The van der Waals surface area contributed by atoms with Crippen LogP contribution in [0.25, 0.3) is 11.1 Å². The third kappa shape index (κ3) is 5.47. The summed E-state index contributed by atoms with van der Waals surface area (Å²) in [6, 6.07) is 16.4. The Hall–Kier alpha value is -2.04. The second kappa shape index (κ2) is 9.77. The lowest BCUT2D eigenvalue weighted by molar-refractivity contribution is -0.130. The molecular weight excluding hydrogens is 360 g/mol. The summed E-state index contributed by atoms with van der Waals surface area (Å²) < 4.78 is 5.45. The molecule has 1 N–H and O–H groups in total. The van der Waals surface area contributed by atoms with E-state index in [9.17, 15) is 4.79 Å². The summed E-state index contributed by atoms with van der Waals surface area (Å²) in [7, 11) is 3.56. The van der Waals surface area contributed by atoms with Crippen molar-refractivity contribution in [2.75, 3.05) is 27.2 Å². The number of carbonyl (C=O) groups excluding carboxylic acids is 1. The lowest BCUT2D eigenvalue weighted by Gasteiger charge is -2.26. The van der Waals surface area contributed by atoms with Crippen LogP contribution in [0.4, 0.5) is 0 Å². The second-order valence-electron chi connectivity index (χ2n) is 7.08.